The maximum Gasteiger partial charge on any atom is 0.201 e. The summed E-state index contributed by atoms with van der Waals surface area (Å²) in [5.41, 5.74) is 0.833. The van der Waals surface area contributed by atoms with Gasteiger partial charge in [0.15, 0.2) is 0 Å². The van der Waals surface area contributed by atoms with Crippen LogP contribution in [0.4, 0.5) is 5.82 Å². The Labute approximate surface area is 106 Å². The van der Waals surface area contributed by atoms with Gasteiger partial charge in [-0.05, 0) is 18.6 Å². The lowest BCUT2D eigenvalue weighted by atomic mass is 10.1. The Hall–Kier alpha value is -1.17. The van der Waals surface area contributed by atoms with Crippen molar-refractivity contribution in [2.45, 2.75) is 12.7 Å². The van der Waals surface area contributed by atoms with E-state index in [1.807, 2.05) is 18.2 Å². The second-order valence-corrected chi connectivity index (χ2v) is 4.63. The molecular formula is C13H18N2O3. The first-order valence-corrected chi connectivity index (χ1v) is 6.43. The molecule has 3 heterocycles. The lowest BCUT2D eigenvalue weighted by molar-refractivity contribution is -0.0471. The molecule has 5 nitrogen and oxygen atoms in total. The predicted molar refractivity (Wildman–Crippen MR) is 66.3 cm³/mol. The minimum atomic E-state index is -0.304. The second kappa shape index (κ2) is 5.65. The third-order valence-electron chi connectivity index (χ3n) is 3.23. The number of hydrogen-bond donors (Lipinski definition) is 1. The number of aromatic nitrogens is 1. The van der Waals surface area contributed by atoms with Gasteiger partial charge in [-0.3, -0.25) is 0 Å². The third kappa shape index (κ3) is 2.80. The topological polar surface area (TPSA) is 52.6 Å². The molecule has 2 aliphatic heterocycles. The number of pyridine rings is 1. The van der Waals surface area contributed by atoms with Crippen molar-refractivity contribution in [3.8, 4) is 0 Å². The molecule has 3 rings (SSSR count). The van der Waals surface area contributed by atoms with E-state index in [9.17, 15) is 0 Å². The number of ether oxygens (including phenoxy) is 3. The molecule has 0 radical (unpaired) electrons. The zero-order chi connectivity index (χ0) is 12.2. The highest BCUT2D eigenvalue weighted by molar-refractivity contribution is 5.35. The van der Waals surface area contributed by atoms with Crippen LogP contribution in [0.1, 0.15) is 18.4 Å². The van der Waals surface area contributed by atoms with Crippen molar-refractivity contribution in [2.75, 3.05) is 38.3 Å². The van der Waals surface area contributed by atoms with Crippen LogP contribution in [0.3, 0.4) is 0 Å². The molecule has 2 fully saturated rings. The summed E-state index contributed by atoms with van der Waals surface area (Å²) in [4.78, 5) is 4.51. The van der Waals surface area contributed by atoms with E-state index in [0.717, 1.165) is 37.7 Å². The van der Waals surface area contributed by atoms with Gasteiger partial charge in [0.25, 0.3) is 0 Å². The molecule has 1 unspecified atom stereocenters. The fraction of sp³-hybridized carbons (Fsp3) is 0.615. The highest BCUT2D eigenvalue weighted by Gasteiger charge is 2.20. The molecule has 0 aliphatic carbocycles. The Morgan fingerprint density at radius 3 is 2.89 bits per heavy atom. The van der Waals surface area contributed by atoms with Crippen LogP contribution in [0, 0.1) is 5.92 Å². The summed E-state index contributed by atoms with van der Waals surface area (Å²) >= 11 is 0. The van der Waals surface area contributed by atoms with Gasteiger partial charge in [0, 0.05) is 19.1 Å². The van der Waals surface area contributed by atoms with Gasteiger partial charge < -0.3 is 19.5 Å². The first kappa shape index (κ1) is 11.9. The Bertz CT molecular complexity index is 388. The molecule has 98 valence electrons. The summed E-state index contributed by atoms with van der Waals surface area (Å²) in [5, 5.41) is 3.35. The fourth-order valence-electron chi connectivity index (χ4n) is 2.20. The molecule has 2 aliphatic rings. The van der Waals surface area contributed by atoms with Crippen LogP contribution in [-0.4, -0.2) is 38.0 Å². The van der Waals surface area contributed by atoms with Crippen LogP contribution < -0.4 is 5.32 Å². The lowest BCUT2D eigenvalue weighted by Gasteiger charge is -2.13. The van der Waals surface area contributed by atoms with Gasteiger partial charge >= 0.3 is 0 Å². The minimum absolute atomic E-state index is 0.304. The molecule has 18 heavy (non-hydrogen) atoms. The van der Waals surface area contributed by atoms with Crippen LogP contribution in [0.25, 0.3) is 0 Å². The van der Waals surface area contributed by atoms with Gasteiger partial charge in [-0.2, -0.15) is 0 Å². The fourth-order valence-corrected chi connectivity index (χ4v) is 2.20. The molecule has 1 aromatic rings. The molecule has 0 aromatic carbocycles. The Kier molecular flexibility index (Phi) is 3.73. The quantitative estimate of drug-likeness (QED) is 0.879. The number of hydrogen-bond acceptors (Lipinski definition) is 5. The minimum Gasteiger partial charge on any atom is -0.381 e. The van der Waals surface area contributed by atoms with Crippen LogP contribution in [0.5, 0.6) is 0 Å². The van der Waals surface area contributed by atoms with Crippen molar-refractivity contribution in [1.82, 2.24) is 4.98 Å². The van der Waals surface area contributed by atoms with Crippen molar-refractivity contribution in [2.24, 2.45) is 5.92 Å². The van der Waals surface area contributed by atoms with Crippen LogP contribution >= 0.6 is 0 Å². The molecule has 0 amide bonds. The zero-order valence-corrected chi connectivity index (χ0v) is 10.3. The zero-order valence-electron chi connectivity index (χ0n) is 10.3. The maximum absolute atomic E-state index is 5.44. The van der Waals surface area contributed by atoms with Gasteiger partial charge in [0.2, 0.25) is 6.29 Å². The monoisotopic (exact) mass is 250 g/mol. The normalized spacial score (nSPS) is 24.6. The summed E-state index contributed by atoms with van der Waals surface area (Å²) in [5.74, 6) is 1.47. The van der Waals surface area contributed by atoms with E-state index < -0.39 is 0 Å². The molecule has 0 saturated carbocycles. The summed E-state index contributed by atoms with van der Waals surface area (Å²) in [6.45, 7) is 3.92. The van der Waals surface area contributed by atoms with E-state index in [0.29, 0.717) is 19.1 Å². The Morgan fingerprint density at radius 1 is 1.22 bits per heavy atom. The van der Waals surface area contributed by atoms with E-state index in [1.165, 1.54) is 0 Å². The summed E-state index contributed by atoms with van der Waals surface area (Å²) in [6.07, 6.45) is 0.822. The van der Waals surface area contributed by atoms with Crippen molar-refractivity contribution < 1.29 is 14.2 Å². The average Bonchev–Trinajstić information content (AvgIpc) is 3.10. The average molecular weight is 250 g/mol. The van der Waals surface area contributed by atoms with Crippen molar-refractivity contribution in [3.05, 3.63) is 23.9 Å². The van der Waals surface area contributed by atoms with E-state index >= 15 is 0 Å². The highest BCUT2D eigenvalue weighted by atomic mass is 16.7. The van der Waals surface area contributed by atoms with Crippen molar-refractivity contribution in [3.63, 3.8) is 0 Å². The molecule has 0 bridgehead atoms. The van der Waals surface area contributed by atoms with Gasteiger partial charge in [0.1, 0.15) is 5.82 Å². The van der Waals surface area contributed by atoms with Gasteiger partial charge in [0.05, 0.1) is 25.5 Å². The molecule has 1 atom stereocenters. The van der Waals surface area contributed by atoms with Gasteiger partial charge in [-0.25, -0.2) is 4.98 Å². The Balaban J connectivity index is 1.59. The van der Waals surface area contributed by atoms with Gasteiger partial charge in [-0.15, -0.1) is 0 Å². The highest BCUT2D eigenvalue weighted by Crippen LogP contribution is 2.22. The largest absolute Gasteiger partial charge is 0.381 e. The number of anilines is 1. The first-order valence-electron chi connectivity index (χ1n) is 6.43. The smallest absolute Gasteiger partial charge is 0.201 e. The second-order valence-electron chi connectivity index (χ2n) is 4.63. The number of nitrogens with zero attached hydrogens (tertiary/aromatic N) is 1. The molecular weight excluding hydrogens is 232 g/mol. The summed E-state index contributed by atoms with van der Waals surface area (Å²) < 4.78 is 16.2. The van der Waals surface area contributed by atoms with E-state index in [-0.39, 0.29) is 6.29 Å². The van der Waals surface area contributed by atoms with Crippen molar-refractivity contribution in [1.29, 1.82) is 0 Å². The predicted octanol–water partition coefficient (Wildman–Crippen LogP) is 1.58. The molecule has 1 aromatic heterocycles. The number of nitrogens with one attached hydrogen (secondary N) is 1. The van der Waals surface area contributed by atoms with Crippen molar-refractivity contribution >= 4 is 5.82 Å². The van der Waals surface area contributed by atoms with Gasteiger partial charge in [-0.1, -0.05) is 6.07 Å². The summed E-state index contributed by atoms with van der Waals surface area (Å²) in [6, 6.07) is 5.87. The molecule has 2 saturated heterocycles. The molecule has 1 N–H and O–H groups in total. The Morgan fingerprint density at radius 2 is 2.11 bits per heavy atom. The summed E-state index contributed by atoms with van der Waals surface area (Å²) in [7, 11) is 0. The standard InChI is InChI=1S/C13H18N2O3/c1-2-11(13-17-6-7-18-13)15-12(3-1)14-8-10-4-5-16-9-10/h1-3,10,13H,4-9H2,(H,14,15). The molecule has 5 heteroatoms. The maximum atomic E-state index is 5.44. The first-order chi connectivity index (χ1) is 8.92. The van der Waals surface area contributed by atoms with Crippen LogP contribution in [0.2, 0.25) is 0 Å². The van der Waals surface area contributed by atoms with E-state index in [1.54, 1.807) is 0 Å². The molecule has 0 spiro atoms. The van der Waals surface area contributed by atoms with E-state index in [2.05, 4.69) is 10.3 Å². The van der Waals surface area contributed by atoms with Crippen LogP contribution in [0.15, 0.2) is 18.2 Å². The van der Waals surface area contributed by atoms with Crippen LogP contribution in [-0.2, 0) is 14.2 Å². The third-order valence-corrected chi connectivity index (χ3v) is 3.23. The van der Waals surface area contributed by atoms with E-state index in [4.69, 9.17) is 14.2 Å². The lowest BCUT2D eigenvalue weighted by Crippen LogP contribution is -2.15. The SMILES string of the molecule is c1cc(NCC2CCOC2)nc(C2OCCO2)c1. The number of rotatable bonds is 4.